The van der Waals surface area contributed by atoms with Gasteiger partial charge in [0.15, 0.2) is 6.10 Å². The molecule has 2 rings (SSSR count). The number of carbonyl (C=O) groups is 3. The zero-order chi connectivity index (χ0) is 18.1. The molecule has 2 atom stereocenters. The Hall–Kier alpha value is -1.79. The smallest absolute Gasteiger partial charge is 0.315 e. The van der Waals surface area contributed by atoms with E-state index >= 15 is 0 Å². The molecule has 2 N–H and O–H groups in total. The molecule has 0 aromatic heterocycles. The van der Waals surface area contributed by atoms with Crippen LogP contribution in [0.25, 0.3) is 0 Å². The van der Waals surface area contributed by atoms with Crippen molar-refractivity contribution in [3.05, 3.63) is 24.3 Å². The third kappa shape index (κ3) is 3.99. The summed E-state index contributed by atoms with van der Waals surface area (Å²) in [4.78, 5) is 35.1. The Balaban J connectivity index is 1.90. The Bertz CT molecular complexity index is 675. The van der Waals surface area contributed by atoms with E-state index < -0.39 is 27.7 Å². The van der Waals surface area contributed by atoms with E-state index in [1.54, 1.807) is 31.2 Å². The summed E-state index contributed by atoms with van der Waals surface area (Å²) in [6, 6.07) is 6.55. The van der Waals surface area contributed by atoms with Gasteiger partial charge in [-0.3, -0.25) is 14.4 Å². The molecule has 6 nitrogen and oxygen atoms in total. The summed E-state index contributed by atoms with van der Waals surface area (Å²) in [5, 5.41) is 5.24. The molecule has 0 saturated heterocycles. The zero-order valence-electron chi connectivity index (χ0n) is 13.5. The first kappa shape index (κ1) is 18.5. The standard InChI is InChI=1S/C16H18Cl2N2O4/c1-9(24-14(23)15(3)8-16(15,17)18)13(22)20-12-6-4-11(5-7-12)19-10(2)21/h4-7,9H,8H2,1-3H3,(H,19,21)(H,20,22)/t9-,15-/m1/s1. The number of amides is 2. The number of hydrogen-bond acceptors (Lipinski definition) is 4. The molecular weight excluding hydrogens is 355 g/mol. The van der Waals surface area contributed by atoms with Crippen molar-refractivity contribution >= 4 is 52.4 Å². The highest BCUT2D eigenvalue weighted by Crippen LogP contribution is 2.64. The summed E-state index contributed by atoms with van der Waals surface area (Å²) in [7, 11) is 0. The summed E-state index contributed by atoms with van der Waals surface area (Å²) in [6.45, 7) is 4.47. The Morgan fingerprint density at radius 1 is 1.12 bits per heavy atom. The number of esters is 1. The Labute approximate surface area is 149 Å². The SMILES string of the molecule is CC(=O)Nc1ccc(NC(=O)[C@@H](C)OC(=O)[C@@]2(C)CC2(Cl)Cl)cc1. The first-order valence-electron chi connectivity index (χ1n) is 7.32. The lowest BCUT2D eigenvalue weighted by Crippen LogP contribution is -2.33. The second kappa shape index (κ2) is 6.61. The summed E-state index contributed by atoms with van der Waals surface area (Å²) in [5.41, 5.74) is 0.144. The Kier molecular flexibility index (Phi) is 5.11. The summed E-state index contributed by atoms with van der Waals surface area (Å²) in [5.74, 6) is -1.26. The topological polar surface area (TPSA) is 84.5 Å². The molecule has 8 heteroatoms. The minimum atomic E-state index is -1.14. The number of benzene rings is 1. The Morgan fingerprint density at radius 2 is 1.58 bits per heavy atom. The lowest BCUT2D eigenvalue weighted by Gasteiger charge is -2.17. The summed E-state index contributed by atoms with van der Waals surface area (Å²) >= 11 is 11.8. The molecule has 24 heavy (non-hydrogen) atoms. The van der Waals surface area contributed by atoms with Crippen LogP contribution in [0.4, 0.5) is 11.4 Å². The first-order valence-corrected chi connectivity index (χ1v) is 8.08. The maximum Gasteiger partial charge on any atom is 0.315 e. The predicted octanol–water partition coefficient (Wildman–Crippen LogP) is 3.10. The number of alkyl halides is 2. The van der Waals surface area contributed by atoms with Gasteiger partial charge in [0.1, 0.15) is 9.75 Å². The highest BCUT2D eigenvalue weighted by atomic mass is 35.5. The monoisotopic (exact) mass is 372 g/mol. The van der Waals surface area contributed by atoms with Crippen molar-refractivity contribution in [3.63, 3.8) is 0 Å². The average Bonchev–Trinajstić information content (AvgIpc) is 3.00. The van der Waals surface area contributed by atoms with Gasteiger partial charge in [-0.05, 0) is 38.1 Å². The quantitative estimate of drug-likeness (QED) is 0.614. The molecule has 130 valence electrons. The number of carbonyl (C=O) groups excluding carboxylic acids is 3. The van der Waals surface area contributed by atoms with E-state index in [4.69, 9.17) is 27.9 Å². The van der Waals surface area contributed by atoms with Gasteiger partial charge in [0, 0.05) is 24.7 Å². The third-order valence-electron chi connectivity index (χ3n) is 3.83. The normalized spacial score (nSPS) is 22.2. The van der Waals surface area contributed by atoms with E-state index in [0.29, 0.717) is 17.8 Å². The van der Waals surface area contributed by atoms with Gasteiger partial charge in [0.25, 0.3) is 5.91 Å². The van der Waals surface area contributed by atoms with Gasteiger partial charge in [-0.1, -0.05) is 0 Å². The van der Waals surface area contributed by atoms with Crippen LogP contribution in [0.2, 0.25) is 0 Å². The van der Waals surface area contributed by atoms with Crippen molar-refractivity contribution in [2.75, 3.05) is 10.6 Å². The highest BCUT2D eigenvalue weighted by molar-refractivity contribution is 6.53. The predicted molar refractivity (Wildman–Crippen MR) is 92.1 cm³/mol. The highest BCUT2D eigenvalue weighted by Gasteiger charge is 2.69. The molecule has 1 aliphatic carbocycles. The minimum absolute atomic E-state index is 0.185. The van der Waals surface area contributed by atoms with Crippen molar-refractivity contribution in [2.45, 2.75) is 37.6 Å². The van der Waals surface area contributed by atoms with Crippen LogP contribution in [0.15, 0.2) is 24.3 Å². The van der Waals surface area contributed by atoms with Gasteiger partial charge in [0.2, 0.25) is 5.91 Å². The average molecular weight is 373 g/mol. The lowest BCUT2D eigenvalue weighted by atomic mass is 10.1. The molecule has 0 aliphatic heterocycles. The number of nitrogens with one attached hydrogen (secondary N) is 2. The molecule has 1 fully saturated rings. The number of halogens is 2. The van der Waals surface area contributed by atoms with Gasteiger partial charge < -0.3 is 15.4 Å². The summed E-state index contributed by atoms with van der Waals surface area (Å²) < 4.78 is 4.01. The molecule has 0 bridgehead atoms. The molecule has 0 spiro atoms. The molecule has 1 aliphatic rings. The fourth-order valence-corrected chi connectivity index (χ4v) is 2.74. The van der Waals surface area contributed by atoms with Crippen LogP contribution in [0.1, 0.15) is 27.2 Å². The molecular formula is C16H18Cl2N2O4. The van der Waals surface area contributed by atoms with Crippen molar-refractivity contribution in [1.29, 1.82) is 0 Å². The molecule has 0 heterocycles. The van der Waals surface area contributed by atoms with E-state index in [2.05, 4.69) is 10.6 Å². The minimum Gasteiger partial charge on any atom is -0.452 e. The van der Waals surface area contributed by atoms with Crippen LogP contribution in [-0.2, 0) is 19.1 Å². The largest absolute Gasteiger partial charge is 0.452 e. The van der Waals surface area contributed by atoms with Gasteiger partial charge in [0.05, 0.1) is 0 Å². The van der Waals surface area contributed by atoms with Crippen LogP contribution in [0, 0.1) is 5.41 Å². The van der Waals surface area contributed by atoms with E-state index in [-0.39, 0.29) is 5.91 Å². The zero-order valence-corrected chi connectivity index (χ0v) is 15.0. The van der Waals surface area contributed by atoms with Crippen molar-refractivity contribution in [3.8, 4) is 0 Å². The number of anilines is 2. The van der Waals surface area contributed by atoms with Crippen LogP contribution >= 0.6 is 23.2 Å². The van der Waals surface area contributed by atoms with E-state index in [9.17, 15) is 14.4 Å². The first-order chi connectivity index (χ1) is 11.0. The molecule has 1 aromatic carbocycles. The van der Waals surface area contributed by atoms with Gasteiger partial charge >= 0.3 is 5.97 Å². The Morgan fingerprint density at radius 3 is 2.00 bits per heavy atom. The lowest BCUT2D eigenvalue weighted by molar-refractivity contribution is -0.158. The maximum atomic E-state index is 12.1. The molecule has 1 saturated carbocycles. The number of hydrogen-bond donors (Lipinski definition) is 2. The van der Waals surface area contributed by atoms with Gasteiger partial charge in [-0.25, -0.2) is 0 Å². The van der Waals surface area contributed by atoms with Crippen LogP contribution in [0.5, 0.6) is 0 Å². The van der Waals surface area contributed by atoms with Crippen LogP contribution < -0.4 is 10.6 Å². The van der Waals surface area contributed by atoms with Crippen molar-refractivity contribution < 1.29 is 19.1 Å². The second-order valence-electron chi connectivity index (χ2n) is 6.01. The fraction of sp³-hybridized carbons (Fsp3) is 0.438. The summed E-state index contributed by atoms with van der Waals surface area (Å²) in [6.07, 6.45) is -0.699. The maximum absolute atomic E-state index is 12.1. The fourth-order valence-electron chi connectivity index (χ4n) is 2.05. The molecule has 1 aromatic rings. The molecule has 2 amide bonds. The van der Waals surface area contributed by atoms with Gasteiger partial charge in [-0.2, -0.15) is 0 Å². The number of ether oxygens (including phenoxy) is 1. The van der Waals surface area contributed by atoms with Crippen LogP contribution in [-0.4, -0.2) is 28.2 Å². The second-order valence-corrected chi connectivity index (χ2v) is 7.49. The van der Waals surface area contributed by atoms with E-state index in [1.807, 2.05) is 0 Å². The van der Waals surface area contributed by atoms with Gasteiger partial charge in [-0.15, -0.1) is 23.2 Å². The van der Waals surface area contributed by atoms with Crippen molar-refractivity contribution in [1.82, 2.24) is 0 Å². The van der Waals surface area contributed by atoms with Crippen molar-refractivity contribution in [2.24, 2.45) is 5.41 Å². The molecule has 0 radical (unpaired) electrons. The third-order valence-corrected chi connectivity index (χ3v) is 4.94. The molecule has 0 unspecified atom stereocenters. The van der Waals surface area contributed by atoms with E-state index in [0.717, 1.165) is 0 Å². The van der Waals surface area contributed by atoms with Crippen LogP contribution in [0.3, 0.4) is 0 Å². The van der Waals surface area contributed by atoms with E-state index in [1.165, 1.54) is 13.8 Å². The number of rotatable bonds is 5.